The number of rotatable bonds is 4. The zero-order valence-corrected chi connectivity index (χ0v) is 8.35. The van der Waals surface area contributed by atoms with Gasteiger partial charge >= 0.3 is 0 Å². The van der Waals surface area contributed by atoms with E-state index < -0.39 is 0 Å². The van der Waals surface area contributed by atoms with E-state index in [0.29, 0.717) is 0 Å². The molecule has 2 rings (SSSR count). The molecule has 0 aromatic heterocycles. The molecule has 12 heavy (non-hydrogen) atoms. The van der Waals surface area contributed by atoms with Gasteiger partial charge < -0.3 is 5.73 Å². The Morgan fingerprint density at radius 3 is 2.58 bits per heavy atom. The largest absolute Gasteiger partial charge is 0.329 e. The van der Waals surface area contributed by atoms with Gasteiger partial charge in [-0.15, -0.1) is 0 Å². The summed E-state index contributed by atoms with van der Waals surface area (Å²) in [4.78, 5) is 2.65. The van der Waals surface area contributed by atoms with Gasteiger partial charge in [-0.25, -0.2) is 0 Å². The van der Waals surface area contributed by atoms with Gasteiger partial charge in [-0.05, 0) is 25.0 Å². The van der Waals surface area contributed by atoms with Crippen LogP contribution in [0.2, 0.25) is 0 Å². The Bertz CT molecular complexity index is 141. The van der Waals surface area contributed by atoms with Crippen molar-refractivity contribution in [2.24, 2.45) is 5.73 Å². The van der Waals surface area contributed by atoms with E-state index in [1.807, 2.05) is 0 Å². The van der Waals surface area contributed by atoms with Crippen molar-refractivity contribution in [3.63, 3.8) is 0 Å². The van der Waals surface area contributed by atoms with Crippen molar-refractivity contribution in [2.45, 2.75) is 31.3 Å². The number of thioether (sulfide) groups is 1. The van der Waals surface area contributed by atoms with Gasteiger partial charge in [-0.3, -0.25) is 4.90 Å². The minimum absolute atomic E-state index is 0.831. The molecule has 2 aliphatic rings. The zero-order chi connectivity index (χ0) is 8.39. The van der Waals surface area contributed by atoms with Gasteiger partial charge in [0, 0.05) is 30.9 Å². The van der Waals surface area contributed by atoms with Crippen molar-refractivity contribution >= 4 is 11.8 Å². The highest BCUT2D eigenvalue weighted by Gasteiger charge is 2.34. The Balaban J connectivity index is 1.85. The lowest BCUT2D eigenvalue weighted by Crippen LogP contribution is -2.40. The fourth-order valence-electron chi connectivity index (χ4n) is 2.00. The van der Waals surface area contributed by atoms with Crippen molar-refractivity contribution in [3.05, 3.63) is 0 Å². The summed E-state index contributed by atoms with van der Waals surface area (Å²) in [5.74, 6) is 2.70. The predicted octanol–water partition coefficient (Wildman–Crippen LogP) is 0.915. The van der Waals surface area contributed by atoms with Crippen LogP contribution < -0.4 is 5.73 Å². The summed E-state index contributed by atoms with van der Waals surface area (Å²) in [5.41, 5.74) is 5.61. The van der Waals surface area contributed by atoms with Gasteiger partial charge in [0.1, 0.15) is 0 Å². The lowest BCUT2D eigenvalue weighted by atomic mass is 10.2. The summed E-state index contributed by atoms with van der Waals surface area (Å²) < 4.78 is 0. The van der Waals surface area contributed by atoms with Crippen LogP contribution in [-0.4, -0.2) is 41.6 Å². The summed E-state index contributed by atoms with van der Waals surface area (Å²) in [5, 5.41) is 0. The maximum absolute atomic E-state index is 5.61. The molecule has 0 amide bonds. The van der Waals surface area contributed by atoms with E-state index in [2.05, 4.69) is 16.7 Å². The second kappa shape index (κ2) is 3.99. The third-order valence-electron chi connectivity index (χ3n) is 2.78. The highest BCUT2D eigenvalue weighted by Crippen LogP contribution is 2.32. The first-order chi connectivity index (χ1) is 5.92. The molecule has 1 saturated heterocycles. The van der Waals surface area contributed by atoms with E-state index in [-0.39, 0.29) is 0 Å². The summed E-state index contributed by atoms with van der Waals surface area (Å²) in [6.07, 6.45) is 4.23. The standard InChI is InChI=1S/C9H18N2S/c10-4-5-11(8-1-2-8)9-3-6-12-7-9/h8-9H,1-7,10H2/t9-/m0/s1. The highest BCUT2D eigenvalue weighted by atomic mass is 32.2. The van der Waals surface area contributed by atoms with Crippen LogP contribution in [-0.2, 0) is 0 Å². The van der Waals surface area contributed by atoms with Gasteiger partial charge in [0.25, 0.3) is 0 Å². The average molecular weight is 186 g/mol. The maximum atomic E-state index is 5.61. The summed E-state index contributed by atoms with van der Waals surface area (Å²) >= 11 is 2.10. The topological polar surface area (TPSA) is 29.3 Å². The molecule has 1 saturated carbocycles. The van der Waals surface area contributed by atoms with Gasteiger partial charge in [0.05, 0.1) is 0 Å². The monoisotopic (exact) mass is 186 g/mol. The van der Waals surface area contributed by atoms with Crippen LogP contribution in [0.5, 0.6) is 0 Å². The maximum Gasteiger partial charge on any atom is 0.0197 e. The van der Waals surface area contributed by atoms with E-state index in [1.165, 1.54) is 30.8 Å². The zero-order valence-electron chi connectivity index (χ0n) is 7.54. The summed E-state index contributed by atoms with van der Waals surface area (Å²) in [6.45, 7) is 1.95. The first kappa shape index (κ1) is 8.85. The molecule has 1 aliphatic heterocycles. The van der Waals surface area contributed by atoms with E-state index >= 15 is 0 Å². The lowest BCUT2D eigenvalue weighted by molar-refractivity contribution is 0.208. The molecule has 1 heterocycles. The fourth-order valence-corrected chi connectivity index (χ4v) is 3.24. The lowest BCUT2D eigenvalue weighted by Gasteiger charge is -2.27. The minimum atomic E-state index is 0.831. The van der Waals surface area contributed by atoms with Crippen LogP contribution in [0, 0.1) is 0 Å². The molecule has 1 aliphatic carbocycles. The van der Waals surface area contributed by atoms with Crippen LogP contribution in [0.25, 0.3) is 0 Å². The Hall–Kier alpha value is 0.270. The summed E-state index contributed by atoms with van der Waals surface area (Å²) in [6, 6.07) is 1.75. The molecule has 1 atom stereocenters. The van der Waals surface area contributed by atoms with E-state index in [9.17, 15) is 0 Å². The van der Waals surface area contributed by atoms with Gasteiger partial charge in [0.15, 0.2) is 0 Å². The smallest absolute Gasteiger partial charge is 0.0197 e. The second-order valence-electron chi connectivity index (χ2n) is 3.78. The molecule has 0 aromatic carbocycles. The minimum Gasteiger partial charge on any atom is -0.329 e. The molecule has 70 valence electrons. The first-order valence-corrected chi connectivity index (χ1v) is 6.11. The van der Waals surface area contributed by atoms with Crippen molar-refractivity contribution in [1.29, 1.82) is 0 Å². The molecule has 3 heteroatoms. The molecular weight excluding hydrogens is 168 g/mol. The van der Waals surface area contributed by atoms with Crippen molar-refractivity contribution in [3.8, 4) is 0 Å². The molecule has 0 aromatic rings. The third-order valence-corrected chi connectivity index (χ3v) is 3.92. The Morgan fingerprint density at radius 2 is 2.08 bits per heavy atom. The van der Waals surface area contributed by atoms with Crippen molar-refractivity contribution in [2.75, 3.05) is 24.6 Å². The molecule has 2 nitrogen and oxygen atoms in total. The molecule has 0 unspecified atom stereocenters. The first-order valence-electron chi connectivity index (χ1n) is 4.95. The van der Waals surface area contributed by atoms with Crippen molar-refractivity contribution < 1.29 is 0 Å². The Labute approximate surface area is 78.9 Å². The van der Waals surface area contributed by atoms with Gasteiger partial charge in [-0.1, -0.05) is 0 Å². The number of hydrogen-bond acceptors (Lipinski definition) is 3. The quantitative estimate of drug-likeness (QED) is 0.708. The molecule has 0 spiro atoms. The highest BCUT2D eigenvalue weighted by molar-refractivity contribution is 7.99. The SMILES string of the molecule is NCCN(C1CC1)[C@H]1CCSC1. The predicted molar refractivity (Wildman–Crippen MR) is 54.5 cm³/mol. The van der Waals surface area contributed by atoms with Crippen molar-refractivity contribution in [1.82, 2.24) is 4.90 Å². The Morgan fingerprint density at radius 1 is 1.25 bits per heavy atom. The Kier molecular flexibility index (Phi) is 2.94. The van der Waals surface area contributed by atoms with Crippen LogP contribution in [0.1, 0.15) is 19.3 Å². The number of nitrogens with two attached hydrogens (primary N) is 1. The third kappa shape index (κ3) is 1.95. The van der Waals surface area contributed by atoms with Crippen LogP contribution in [0.4, 0.5) is 0 Å². The van der Waals surface area contributed by atoms with Gasteiger partial charge in [-0.2, -0.15) is 11.8 Å². The van der Waals surface area contributed by atoms with Gasteiger partial charge in [0.2, 0.25) is 0 Å². The summed E-state index contributed by atoms with van der Waals surface area (Å²) in [7, 11) is 0. The van der Waals surface area contributed by atoms with Crippen LogP contribution >= 0.6 is 11.8 Å². The molecular formula is C9H18N2S. The number of hydrogen-bond donors (Lipinski definition) is 1. The van der Waals surface area contributed by atoms with E-state index in [1.54, 1.807) is 0 Å². The normalized spacial score (nSPS) is 30.0. The molecule has 2 fully saturated rings. The van der Waals surface area contributed by atoms with Crippen LogP contribution in [0.3, 0.4) is 0 Å². The van der Waals surface area contributed by atoms with E-state index in [4.69, 9.17) is 5.73 Å². The van der Waals surface area contributed by atoms with Crippen LogP contribution in [0.15, 0.2) is 0 Å². The molecule has 0 bridgehead atoms. The number of nitrogens with zero attached hydrogens (tertiary/aromatic N) is 1. The average Bonchev–Trinajstić information content (AvgIpc) is 2.77. The molecule has 0 radical (unpaired) electrons. The molecule has 2 N–H and O–H groups in total. The fraction of sp³-hybridized carbons (Fsp3) is 1.00. The second-order valence-corrected chi connectivity index (χ2v) is 4.92. The van der Waals surface area contributed by atoms with E-state index in [0.717, 1.165) is 25.2 Å².